The normalized spacial score (nSPS) is 10.2. The van der Waals surface area contributed by atoms with Crippen molar-refractivity contribution in [2.75, 3.05) is 5.73 Å². The molecule has 1 heterocycles. The minimum atomic E-state index is -0.528. The van der Waals surface area contributed by atoms with E-state index in [4.69, 9.17) is 5.73 Å². The minimum absolute atomic E-state index is 0.0368. The van der Waals surface area contributed by atoms with Gasteiger partial charge >= 0.3 is 0 Å². The molecule has 98 valence electrons. The number of carbonyl (C=O) groups excluding carboxylic acids is 1. The van der Waals surface area contributed by atoms with Crippen LogP contribution >= 0.6 is 0 Å². The van der Waals surface area contributed by atoms with Gasteiger partial charge in [0.2, 0.25) is 0 Å². The summed E-state index contributed by atoms with van der Waals surface area (Å²) in [4.78, 5) is 15.9. The fraction of sp³-hybridized carbons (Fsp3) is 0.143. The molecule has 0 unspecified atom stereocenters. The van der Waals surface area contributed by atoms with Gasteiger partial charge in [-0.05, 0) is 42.3 Å². The van der Waals surface area contributed by atoms with Crippen LogP contribution in [-0.4, -0.2) is 10.9 Å². The number of nitrogens with zero attached hydrogens (tertiary/aromatic N) is 1. The standard InChI is InChI=1S/C14H14FN3O/c1-9-4-5-17-7-11(9)8-18-14(19)10-2-3-12(15)13(16)6-10/h2-7H,8,16H2,1H3,(H,18,19). The van der Waals surface area contributed by atoms with Gasteiger partial charge in [0.15, 0.2) is 0 Å². The van der Waals surface area contributed by atoms with E-state index in [2.05, 4.69) is 10.3 Å². The summed E-state index contributed by atoms with van der Waals surface area (Å²) in [6.45, 7) is 2.31. The smallest absolute Gasteiger partial charge is 0.251 e. The van der Waals surface area contributed by atoms with Gasteiger partial charge in [-0.15, -0.1) is 0 Å². The van der Waals surface area contributed by atoms with Crippen LogP contribution in [0.15, 0.2) is 36.7 Å². The van der Waals surface area contributed by atoms with Crippen LogP contribution in [0.25, 0.3) is 0 Å². The molecule has 0 fully saturated rings. The second-order valence-electron chi connectivity index (χ2n) is 4.22. The van der Waals surface area contributed by atoms with Gasteiger partial charge in [0, 0.05) is 24.5 Å². The van der Waals surface area contributed by atoms with Crippen molar-refractivity contribution < 1.29 is 9.18 Å². The van der Waals surface area contributed by atoms with Gasteiger partial charge in [0.25, 0.3) is 5.91 Å². The van der Waals surface area contributed by atoms with E-state index in [0.717, 1.165) is 11.1 Å². The van der Waals surface area contributed by atoms with E-state index in [1.807, 2.05) is 13.0 Å². The molecule has 3 N–H and O–H groups in total. The molecule has 1 aromatic heterocycles. The third-order valence-corrected chi connectivity index (χ3v) is 2.85. The Hall–Kier alpha value is -2.43. The summed E-state index contributed by atoms with van der Waals surface area (Å²) in [6.07, 6.45) is 3.40. The van der Waals surface area contributed by atoms with Crippen molar-refractivity contribution in [1.29, 1.82) is 0 Å². The van der Waals surface area contributed by atoms with Crippen molar-refractivity contribution in [3.63, 3.8) is 0 Å². The molecule has 1 amide bonds. The van der Waals surface area contributed by atoms with Crippen molar-refractivity contribution in [3.8, 4) is 0 Å². The molecule has 0 bridgehead atoms. The third-order valence-electron chi connectivity index (χ3n) is 2.85. The van der Waals surface area contributed by atoms with Crippen molar-refractivity contribution in [3.05, 3.63) is 59.2 Å². The molecule has 0 atom stereocenters. The summed E-state index contributed by atoms with van der Waals surface area (Å²) in [5.41, 5.74) is 7.71. The second-order valence-corrected chi connectivity index (χ2v) is 4.22. The number of aromatic nitrogens is 1. The lowest BCUT2D eigenvalue weighted by Gasteiger charge is -2.08. The Morgan fingerprint density at radius 3 is 2.89 bits per heavy atom. The van der Waals surface area contributed by atoms with Crippen LogP contribution in [0.2, 0.25) is 0 Å². The number of benzene rings is 1. The number of aryl methyl sites for hydroxylation is 1. The molecule has 0 saturated heterocycles. The van der Waals surface area contributed by atoms with Gasteiger partial charge in [-0.25, -0.2) is 4.39 Å². The zero-order valence-corrected chi connectivity index (χ0v) is 10.5. The van der Waals surface area contributed by atoms with Crippen molar-refractivity contribution in [2.45, 2.75) is 13.5 Å². The zero-order chi connectivity index (χ0) is 13.8. The largest absolute Gasteiger partial charge is 0.396 e. The Labute approximate surface area is 110 Å². The van der Waals surface area contributed by atoms with Gasteiger partial charge in [-0.1, -0.05) is 0 Å². The molecule has 4 nitrogen and oxygen atoms in total. The Kier molecular flexibility index (Phi) is 3.75. The van der Waals surface area contributed by atoms with E-state index < -0.39 is 5.82 Å². The van der Waals surface area contributed by atoms with Crippen molar-refractivity contribution in [2.24, 2.45) is 0 Å². The van der Waals surface area contributed by atoms with E-state index in [1.165, 1.54) is 18.2 Å². The molecule has 0 aliphatic rings. The molecule has 0 aliphatic carbocycles. The quantitative estimate of drug-likeness (QED) is 0.829. The SMILES string of the molecule is Cc1ccncc1CNC(=O)c1ccc(F)c(N)c1. The molecular formula is C14H14FN3O. The average Bonchev–Trinajstić information content (AvgIpc) is 2.40. The zero-order valence-electron chi connectivity index (χ0n) is 10.5. The number of rotatable bonds is 3. The predicted molar refractivity (Wildman–Crippen MR) is 71.0 cm³/mol. The van der Waals surface area contributed by atoms with Gasteiger partial charge < -0.3 is 11.1 Å². The van der Waals surface area contributed by atoms with Crippen LogP contribution in [0.4, 0.5) is 10.1 Å². The van der Waals surface area contributed by atoms with E-state index in [-0.39, 0.29) is 11.6 Å². The number of nitrogens with one attached hydrogen (secondary N) is 1. The number of halogens is 1. The molecule has 0 spiro atoms. The predicted octanol–water partition coefficient (Wildman–Crippen LogP) is 2.04. The second kappa shape index (κ2) is 5.48. The van der Waals surface area contributed by atoms with Crippen molar-refractivity contribution >= 4 is 11.6 Å². The van der Waals surface area contributed by atoms with Gasteiger partial charge in [0.05, 0.1) is 5.69 Å². The maximum Gasteiger partial charge on any atom is 0.251 e. The molecule has 19 heavy (non-hydrogen) atoms. The van der Waals surface area contributed by atoms with Crippen LogP contribution in [0.5, 0.6) is 0 Å². The highest BCUT2D eigenvalue weighted by molar-refractivity contribution is 5.95. The van der Waals surface area contributed by atoms with Crippen LogP contribution < -0.4 is 11.1 Å². The van der Waals surface area contributed by atoms with Gasteiger partial charge in [-0.2, -0.15) is 0 Å². The lowest BCUT2D eigenvalue weighted by atomic mass is 10.1. The Balaban J connectivity index is 2.05. The summed E-state index contributed by atoms with van der Waals surface area (Å²) in [5, 5.41) is 2.75. The lowest BCUT2D eigenvalue weighted by Crippen LogP contribution is -2.23. The highest BCUT2D eigenvalue weighted by atomic mass is 19.1. The Morgan fingerprint density at radius 2 is 2.21 bits per heavy atom. The minimum Gasteiger partial charge on any atom is -0.396 e. The fourth-order valence-corrected chi connectivity index (χ4v) is 1.64. The van der Waals surface area contributed by atoms with Gasteiger partial charge in [-0.3, -0.25) is 9.78 Å². The van der Waals surface area contributed by atoms with E-state index in [1.54, 1.807) is 12.4 Å². The first kappa shape index (κ1) is 13.0. The van der Waals surface area contributed by atoms with E-state index >= 15 is 0 Å². The van der Waals surface area contributed by atoms with Crippen molar-refractivity contribution in [1.82, 2.24) is 10.3 Å². The number of pyridine rings is 1. The summed E-state index contributed by atoms with van der Waals surface area (Å²) < 4.78 is 13.0. The number of amides is 1. The molecule has 0 aliphatic heterocycles. The highest BCUT2D eigenvalue weighted by Gasteiger charge is 2.08. The number of hydrogen-bond acceptors (Lipinski definition) is 3. The number of nitrogen functional groups attached to an aromatic ring is 1. The Bertz CT molecular complexity index is 613. The molecule has 1 aromatic carbocycles. The maximum absolute atomic E-state index is 13.0. The van der Waals surface area contributed by atoms with Crippen LogP contribution in [0.3, 0.4) is 0 Å². The summed E-state index contributed by atoms with van der Waals surface area (Å²) in [5.74, 6) is -0.824. The number of hydrogen-bond donors (Lipinski definition) is 2. The first-order chi connectivity index (χ1) is 9.08. The van der Waals surface area contributed by atoms with E-state index in [0.29, 0.717) is 12.1 Å². The summed E-state index contributed by atoms with van der Waals surface area (Å²) in [6, 6.07) is 5.77. The molecule has 0 saturated carbocycles. The topological polar surface area (TPSA) is 68.0 Å². The van der Waals surface area contributed by atoms with Crippen LogP contribution in [-0.2, 0) is 6.54 Å². The van der Waals surface area contributed by atoms with E-state index in [9.17, 15) is 9.18 Å². The summed E-state index contributed by atoms with van der Waals surface area (Å²) >= 11 is 0. The number of nitrogens with two attached hydrogens (primary N) is 1. The molecule has 2 rings (SSSR count). The highest BCUT2D eigenvalue weighted by Crippen LogP contribution is 2.12. The molecular weight excluding hydrogens is 245 g/mol. The average molecular weight is 259 g/mol. The monoisotopic (exact) mass is 259 g/mol. The summed E-state index contributed by atoms with van der Waals surface area (Å²) in [7, 11) is 0. The third kappa shape index (κ3) is 3.07. The van der Waals surface area contributed by atoms with Crippen LogP contribution in [0, 0.1) is 12.7 Å². The van der Waals surface area contributed by atoms with Gasteiger partial charge in [0.1, 0.15) is 5.82 Å². The Morgan fingerprint density at radius 1 is 1.42 bits per heavy atom. The lowest BCUT2D eigenvalue weighted by molar-refractivity contribution is 0.0951. The van der Waals surface area contributed by atoms with Crippen LogP contribution in [0.1, 0.15) is 21.5 Å². The number of anilines is 1. The first-order valence-electron chi connectivity index (χ1n) is 5.80. The molecule has 5 heteroatoms. The molecule has 2 aromatic rings. The first-order valence-corrected chi connectivity index (χ1v) is 5.80. The maximum atomic E-state index is 13.0. The fourth-order valence-electron chi connectivity index (χ4n) is 1.64. The number of carbonyl (C=O) groups is 1. The molecule has 0 radical (unpaired) electrons.